The van der Waals surface area contributed by atoms with Gasteiger partial charge in [0.1, 0.15) is 18.0 Å². The van der Waals surface area contributed by atoms with E-state index in [2.05, 4.69) is 25.5 Å². The molecule has 2 aromatic rings. The summed E-state index contributed by atoms with van der Waals surface area (Å²) < 4.78 is 0.534. The Balaban J connectivity index is 1.41. The molecule has 1 saturated carbocycles. The van der Waals surface area contributed by atoms with Crippen LogP contribution in [0, 0.1) is 0 Å². The number of thiophene rings is 1. The van der Waals surface area contributed by atoms with E-state index >= 15 is 0 Å². The fourth-order valence-electron chi connectivity index (χ4n) is 4.92. The van der Waals surface area contributed by atoms with Crippen molar-refractivity contribution < 1.29 is 14.7 Å². The van der Waals surface area contributed by atoms with Gasteiger partial charge in [0.05, 0.1) is 15.8 Å². The van der Waals surface area contributed by atoms with Crippen LogP contribution in [0.25, 0.3) is 0 Å². The molecule has 2 fully saturated rings. The van der Waals surface area contributed by atoms with Gasteiger partial charge in [0.2, 0.25) is 5.91 Å². The van der Waals surface area contributed by atoms with Crippen LogP contribution in [0.15, 0.2) is 18.5 Å². The van der Waals surface area contributed by atoms with E-state index in [1.54, 1.807) is 12.1 Å². The van der Waals surface area contributed by atoms with Crippen molar-refractivity contribution in [2.75, 3.05) is 36.4 Å². The van der Waals surface area contributed by atoms with Gasteiger partial charge in [-0.1, -0.05) is 25.4 Å². The molecule has 3 aliphatic rings. The molecular weight excluding hydrogens is 476 g/mol. The molecule has 0 aromatic carbocycles. The van der Waals surface area contributed by atoms with Crippen molar-refractivity contribution in [1.29, 1.82) is 0 Å². The van der Waals surface area contributed by atoms with Gasteiger partial charge in [-0.15, -0.1) is 11.3 Å². The number of aliphatic hydroxyl groups is 1. The Hall–Kier alpha value is -2.27. The number of anilines is 2. The van der Waals surface area contributed by atoms with Crippen LogP contribution in [0.2, 0.25) is 4.34 Å². The molecule has 1 unspecified atom stereocenters. The molecule has 1 aliphatic carbocycles. The van der Waals surface area contributed by atoms with Crippen LogP contribution in [0.1, 0.15) is 50.0 Å². The van der Waals surface area contributed by atoms with Gasteiger partial charge in [-0.25, -0.2) is 9.97 Å². The Morgan fingerprint density at radius 2 is 2.15 bits per heavy atom. The zero-order chi connectivity index (χ0) is 24.3. The predicted molar refractivity (Wildman–Crippen MR) is 131 cm³/mol. The maximum absolute atomic E-state index is 13.9. The van der Waals surface area contributed by atoms with Crippen molar-refractivity contribution in [3.05, 3.63) is 33.2 Å². The summed E-state index contributed by atoms with van der Waals surface area (Å²) in [5.41, 5.74) is -1.24. The third-order valence-corrected chi connectivity index (χ3v) is 8.44. The number of halogens is 1. The lowest BCUT2D eigenvalue weighted by atomic mass is 9.96. The van der Waals surface area contributed by atoms with Crippen LogP contribution in [-0.4, -0.2) is 69.5 Å². The van der Waals surface area contributed by atoms with Gasteiger partial charge in [-0.2, -0.15) is 0 Å². The lowest BCUT2D eigenvalue weighted by Gasteiger charge is -2.45. The molecule has 1 saturated heterocycles. The molecule has 182 valence electrons. The van der Waals surface area contributed by atoms with Crippen LogP contribution < -0.4 is 15.5 Å². The highest BCUT2D eigenvalue weighted by atomic mass is 35.5. The number of hydrogen-bond donors (Lipinski definition) is 3. The molecule has 9 nitrogen and oxygen atoms in total. The molecule has 2 atom stereocenters. The van der Waals surface area contributed by atoms with E-state index in [1.165, 1.54) is 17.7 Å². The lowest BCUT2D eigenvalue weighted by Crippen LogP contribution is -2.63. The molecule has 2 aliphatic heterocycles. The highest BCUT2D eigenvalue weighted by molar-refractivity contribution is 7.16. The number of amides is 2. The first-order valence-corrected chi connectivity index (χ1v) is 12.8. The maximum atomic E-state index is 13.9. The highest BCUT2D eigenvalue weighted by Crippen LogP contribution is 2.48. The minimum atomic E-state index is -1.69. The maximum Gasteiger partial charge on any atom is 0.261 e. The minimum Gasteiger partial charge on any atom is -0.374 e. The van der Waals surface area contributed by atoms with Gasteiger partial charge in [-0.3, -0.25) is 9.59 Å². The Morgan fingerprint density at radius 3 is 2.79 bits per heavy atom. The molecule has 4 heterocycles. The number of carbonyl (C=O) groups excluding carboxylic acids is 2. The van der Waals surface area contributed by atoms with E-state index in [0.717, 1.165) is 24.2 Å². The topological polar surface area (TPSA) is 111 Å². The number of nitrogens with zero attached hydrogens (tertiary/aromatic N) is 4. The number of hydrogen-bond acceptors (Lipinski definition) is 8. The summed E-state index contributed by atoms with van der Waals surface area (Å²) in [6.45, 7) is 7.54. The molecule has 2 amide bonds. The van der Waals surface area contributed by atoms with Crippen LogP contribution in [0.5, 0.6) is 0 Å². The fraction of sp³-hybridized carbons (Fsp3) is 0.565. The van der Waals surface area contributed by atoms with Gasteiger partial charge < -0.3 is 25.5 Å². The lowest BCUT2D eigenvalue weighted by molar-refractivity contribution is -0.156. The summed E-state index contributed by atoms with van der Waals surface area (Å²) >= 11 is 7.39. The molecule has 0 bridgehead atoms. The standard InChI is InChI=1S/C23H29ClN6O3S/c1-13(2)25-10-23(33,15-4-5-16(24)34-15)21(32)30-9-8-29(11-22(30)6-7-22)19-17-14(3)20(31)28-18(17)26-12-27-19/h4-5,12-14,25,33H,6-11H2,1-3H3,(H,26,27,28,31)/t14?,23-/m0/s1. The van der Waals surface area contributed by atoms with Crippen molar-refractivity contribution in [1.82, 2.24) is 20.2 Å². The summed E-state index contributed by atoms with van der Waals surface area (Å²) in [5, 5.41) is 17.8. The third kappa shape index (κ3) is 3.86. The summed E-state index contributed by atoms with van der Waals surface area (Å²) in [7, 11) is 0. The summed E-state index contributed by atoms with van der Waals surface area (Å²) in [6, 6.07) is 3.56. The van der Waals surface area contributed by atoms with Gasteiger partial charge in [-0.05, 0) is 31.9 Å². The second-order valence-corrected chi connectivity index (χ2v) is 11.5. The molecule has 11 heteroatoms. The van der Waals surface area contributed by atoms with Crippen molar-refractivity contribution in [2.45, 2.75) is 56.7 Å². The van der Waals surface area contributed by atoms with Gasteiger partial charge in [0.15, 0.2) is 5.60 Å². The monoisotopic (exact) mass is 504 g/mol. The third-order valence-electron chi connectivity index (χ3n) is 7.05. The zero-order valence-electron chi connectivity index (χ0n) is 19.5. The molecular formula is C23H29ClN6O3S. The molecule has 0 radical (unpaired) electrons. The fourth-order valence-corrected chi connectivity index (χ4v) is 6.04. The Labute approximate surface area is 207 Å². The van der Waals surface area contributed by atoms with Crippen LogP contribution in [-0.2, 0) is 15.2 Å². The van der Waals surface area contributed by atoms with Crippen molar-refractivity contribution >= 4 is 46.4 Å². The van der Waals surface area contributed by atoms with Crippen molar-refractivity contribution in [3.8, 4) is 0 Å². The SMILES string of the molecule is CC(C)NC[C@@](O)(C(=O)N1CCN(c2ncnc3c2C(C)C(=O)N3)CC12CC2)c1ccc(Cl)s1. The molecule has 3 N–H and O–H groups in total. The van der Waals surface area contributed by atoms with Crippen LogP contribution in [0.4, 0.5) is 11.6 Å². The number of fused-ring (bicyclic) bond motifs is 1. The molecule has 34 heavy (non-hydrogen) atoms. The average molecular weight is 505 g/mol. The van der Waals surface area contributed by atoms with Gasteiger partial charge in [0, 0.05) is 42.7 Å². The molecule has 5 rings (SSSR count). The first-order chi connectivity index (χ1) is 16.1. The summed E-state index contributed by atoms with van der Waals surface area (Å²) in [4.78, 5) is 39.4. The largest absolute Gasteiger partial charge is 0.374 e. The van der Waals surface area contributed by atoms with E-state index < -0.39 is 5.60 Å². The number of aromatic nitrogens is 2. The van der Waals surface area contributed by atoms with E-state index in [0.29, 0.717) is 34.7 Å². The smallest absolute Gasteiger partial charge is 0.261 e. The van der Waals surface area contributed by atoms with Gasteiger partial charge >= 0.3 is 0 Å². The van der Waals surface area contributed by atoms with E-state index in [1.807, 2.05) is 25.7 Å². The number of piperazine rings is 1. The predicted octanol–water partition coefficient (Wildman–Crippen LogP) is 2.31. The minimum absolute atomic E-state index is 0.0796. The van der Waals surface area contributed by atoms with E-state index in [-0.39, 0.29) is 35.9 Å². The number of nitrogens with one attached hydrogen (secondary N) is 2. The average Bonchev–Trinajstić information content (AvgIpc) is 3.30. The first-order valence-electron chi connectivity index (χ1n) is 11.6. The van der Waals surface area contributed by atoms with Crippen LogP contribution >= 0.6 is 22.9 Å². The van der Waals surface area contributed by atoms with E-state index in [9.17, 15) is 14.7 Å². The Kier molecular flexibility index (Phi) is 5.83. The molecule has 2 aromatic heterocycles. The zero-order valence-corrected chi connectivity index (χ0v) is 21.0. The van der Waals surface area contributed by atoms with Crippen LogP contribution in [0.3, 0.4) is 0 Å². The number of carbonyl (C=O) groups is 2. The van der Waals surface area contributed by atoms with E-state index in [4.69, 9.17) is 11.6 Å². The first kappa shape index (κ1) is 23.5. The normalized spacial score (nSPS) is 22.6. The summed E-state index contributed by atoms with van der Waals surface area (Å²) in [6.07, 6.45) is 3.18. The quantitative estimate of drug-likeness (QED) is 0.553. The molecule has 1 spiro atoms. The Bertz CT molecular complexity index is 1140. The van der Waals surface area contributed by atoms with Crippen molar-refractivity contribution in [2.24, 2.45) is 0 Å². The van der Waals surface area contributed by atoms with Gasteiger partial charge in [0.25, 0.3) is 5.91 Å². The second kappa shape index (κ2) is 8.44. The number of rotatable bonds is 6. The highest BCUT2D eigenvalue weighted by Gasteiger charge is 2.57. The summed E-state index contributed by atoms with van der Waals surface area (Å²) in [5.74, 6) is 0.612. The second-order valence-electron chi connectivity index (χ2n) is 9.77. The Morgan fingerprint density at radius 1 is 1.38 bits per heavy atom. The van der Waals surface area contributed by atoms with Crippen molar-refractivity contribution in [3.63, 3.8) is 0 Å².